The molecule has 4 rings (SSSR count). The van der Waals surface area contributed by atoms with Crippen molar-refractivity contribution in [1.29, 1.82) is 0 Å². The minimum atomic E-state index is -0.274. The van der Waals surface area contributed by atoms with Crippen LogP contribution in [-0.4, -0.2) is 31.9 Å². The first-order valence-corrected chi connectivity index (χ1v) is 13.6. The van der Waals surface area contributed by atoms with Gasteiger partial charge in [-0.05, 0) is 89.1 Å². The Balaban J connectivity index is 1.30. The van der Waals surface area contributed by atoms with E-state index in [1.165, 1.54) is 37.7 Å². The van der Waals surface area contributed by atoms with Crippen LogP contribution >= 0.6 is 15.9 Å². The number of ether oxygens (including phenoxy) is 3. The molecule has 194 valence electrons. The van der Waals surface area contributed by atoms with Crippen molar-refractivity contribution in [2.75, 3.05) is 19.8 Å². The molecule has 0 unspecified atom stereocenters. The molecule has 0 heterocycles. The van der Waals surface area contributed by atoms with E-state index in [0.29, 0.717) is 42.8 Å². The number of nitrogens with one attached hydrogen (secondary N) is 1. The van der Waals surface area contributed by atoms with Gasteiger partial charge in [-0.15, -0.1) is 0 Å². The predicted octanol–water partition coefficient (Wildman–Crippen LogP) is 7.12. The molecule has 0 aromatic heterocycles. The number of carbonyl (C=O) groups excluding carboxylic acids is 1. The summed E-state index contributed by atoms with van der Waals surface area (Å²) < 4.78 is 18.4. The Kier molecular flexibility index (Phi) is 10.0. The number of carbonyl (C=O) groups is 1. The molecule has 3 aromatic carbocycles. The van der Waals surface area contributed by atoms with Crippen LogP contribution in [-0.2, 0) is 0 Å². The van der Waals surface area contributed by atoms with Gasteiger partial charge in [-0.25, -0.2) is 5.43 Å². The molecule has 1 saturated carbocycles. The van der Waals surface area contributed by atoms with E-state index in [1.807, 2.05) is 37.3 Å². The lowest BCUT2D eigenvalue weighted by atomic mass is 9.84. The Bertz CT molecular complexity index is 1180. The molecule has 0 spiro atoms. The largest absolute Gasteiger partial charge is 0.490 e. The second-order valence-corrected chi connectivity index (χ2v) is 9.78. The van der Waals surface area contributed by atoms with Gasteiger partial charge in [0.1, 0.15) is 19.0 Å². The molecule has 1 aliphatic rings. The number of benzene rings is 3. The van der Waals surface area contributed by atoms with Crippen molar-refractivity contribution in [2.45, 2.75) is 44.9 Å². The van der Waals surface area contributed by atoms with Crippen LogP contribution in [0.5, 0.6) is 17.2 Å². The van der Waals surface area contributed by atoms with Crippen LogP contribution in [0.2, 0.25) is 0 Å². The van der Waals surface area contributed by atoms with E-state index in [1.54, 1.807) is 18.3 Å². The van der Waals surface area contributed by atoms with E-state index in [4.69, 9.17) is 14.2 Å². The Morgan fingerprint density at radius 3 is 2.43 bits per heavy atom. The molecule has 0 aliphatic heterocycles. The maximum atomic E-state index is 12.2. The smallest absolute Gasteiger partial charge is 0.271 e. The van der Waals surface area contributed by atoms with Crippen LogP contribution in [0.3, 0.4) is 0 Å². The lowest BCUT2D eigenvalue weighted by Gasteiger charge is -2.22. The van der Waals surface area contributed by atoms with Crippen LogP contribution in [0.25, 0.3) is 0 Å². The number of hydrogen-bond acceptors (Lipinski definition) is 5. The fourth-order valence-electron chi connectivity index (χ4n) is 4.46. The summed E-state index contributed by atoms with van der Waals surface area (Å²) in [6.07, 6.45) is 8.17. The Labute approximate surface area is 227 Å². The zero-order valence-electron chi connectivity index (χ0n) is 21.1. The monoisotopic (exact) mass is 564 g/mol. The number of hydrogen-bond donors (Lipinski definition) is 1. The second kappa shape index (κ2) is 13.8. The number of halogens is 1. The molecule has 1 amide bonds. The number of rotatable bonds is 11. The van der Waals surface area contributed by atoms with E-state index in [9.17, 15) is 4.79 Å². The minimum absolute atomic E-state index is 0.274. The van der Waals surface area contributed by atoms with Crippen molar-refractivity contribution in [3.8, 4) is 17.2 Å². The van der Waals surface area contributed by atoms with Gasteiger partial charge in [-0.1, -0.05) is 49.6 Å². The van der Waals surface area contributed by atoms with Crippen LogP contribution in [0.1, 0.15) is 66.4 Å². The van der Waals surface area contributed by atoms with Crippen molar-refractivity contribution >= 4 is 28.1 Å². The van der Waals surface area contributed by atoms with Gasteiger partial charge >= 0.3 is 0 Å². The van der Waals surface area contributed by atoms with Crippen molar-refractivity contribution < 1.29 is 19.0 Å². The first-order chi connectivity index (χ1) is 18.1. The maximum absolute atomic E-state index is 12.2. The lowest BCUT2D eigenvalue weighted by molar-refractivity contribution is 0.0955. The maximum Gasteiger partial charge on any atom is 0.271 e. The van der Waals surface area contributed by atoms with Gasteiger partial charge in [0.25, 0.3) is 5.91 Å². The highest BCUT2D eigenvalue weighted by Crippen LogP contribution is 2.37. The highest BCUT2D eigenvalue weighted by molar-refractivity contribution is 9.10. The zero-order chi connectivity index (χ0) is 25.9. The third-order valence-corrected chi connectivity index (χ3v) is 6.89. The molecular formula is C30H33BrN2O4. The van der Waals surface area contributed by atoms with Crippen LogP contribution in [0.4, 0.5) is 0 Å². The summed E-state index contributed by atoms with van der Waals surface area (Å²) >= 11 is 3.57. The van der Waals surface area contributed by atoms with E-state index in [0.717, 1.165) is 15.8 Å². The van der Waals surface area contributed by atoms with Gasteiger partial charge in [0.05, 0.1) is 17.3 Å². The molecule has 0 bridgehead atoms. The molecule has 7 heteroatoms. The fraction of sp³-hybridized carbons (Fsp3) is 0.333. The second-order valence-electron chi connectivity index (χ2n) is 8.93. The molecule has 3 aromatic rings. The van der Waals surface area contributed by atoms with Gasteiger partial charge in [0.15, 0.2) is 11.5 Å². The van der Waals surface area contributed by atoms with Crippen LogP contribution in [0.15, 0.2) is 76.3 Å². The van der Waals surface area contributed by atoms with E-state index < -0.39 is 0 Å². The van der Waals surface area contributed by atoms with Gasteiger partial charge in [0, 0.05) is 5.56 Å². The summed E-state index contributed by atoms with van der Waals surface area (Å²) in [6.45, 7) is 3.18. The van der Waals surface area contributed by atoms with Crippen molar-refractivity contribution in [1.82, 2.24) is 5.43 Å². The molecule has 0 atom stereocenters. The van der Waals surface area contributed by atoms with Gasteiger partial charge < -0.3 is 14.2 Å². The average Bonchev–Trinajstić information content (AvgIpc) is 2.93. The third kappa shape index (κ3) is 7.83. The Morgan fingerprint density at radius 2 is 1.70 bits per heavy atom. The van der Waals surface area contributed by atoms with Crippen molar-refractivity contribution in [3.05, 3.63) is 87.9 Å². The number of amides is 1. The summed E-state index contributed by atoms with van der Waals surface area (Å²) in [5.74, 6) is 2.45. The van der Waals surface area contributed by atoms with Gasteiger partial charge in [-0.3, -0.25) is 4.79 Å². The predicted molar refractivity (Wildman–Crippen MR) is 150 cm³/mol. The van der Waals surface area contributed by atoms with E-state index in [2.05, 4.69) is 50.7 Å². The first kappa shape index (κ1) is 26.7. The lowest BCUT2D eigenvalue weighted by Crippen LogP contribution is -2.17. The number of nitrogens with zero attached hydrogens (tertiary/aromatic N) is 1. The molecule has 37 heavy (non-hydrogen) atoms. The van der Waals surface area contributed by atoms with Gasteiger partial charge in [0.2, 0.25) is 0 Å². The summed E-state index contributed by atoms with van der Waals surface area (Å²) in [7, 11) is 0. The Morgan fingerprint density at radius 1 is 0.973 bits per heavy atom. The zero-order valence-corrected chi connectivity index (χ0v) is 22.7. The van der Waals surface area contributed by atoms with E-state index >= 15 is 0 Å². The van der Waals surface area contributed by atoms with Crippen molar-refractivity contribution in [2.24, 2.45) is 5.10 Å². The fourth-order valence-corrected chi connectivity index (χ4v) is 5.03. The van der Waals surface area contributed by atoms with E-state index in [-0.39, 0.29) is 5.91 Å². The summed E-state index contributed by atoms with van der Waals surface area (Å²) in [6, 6.07) is 21.1. The molecule has 0 saturated heterocycles. The molecular weight excluding hydrogens is 532 g/mol. The summed E-state index contributed by atoms with van der Waals surface area (Å²) in [5.41, 5.74) is 5.25. The van der Waals surface area contributed by atoms with Crippen LogP contribution in [0, 0.1) is 0 Å². The SMILES string of the molecule is CCOc1cc(C=NNC(=O)c2ccccc2)cc(Br)c1OCCOc1ccc(C2CCCCC2)cc1. The molecule has 1 aliphatic carbocycles. The highest BCUT2D eigenvalue weighted by Gasteiger charge is 2.15. The highest BCUT2D eigenvalue weighted by atomic mass is 79.9. The summed E-state index contributed by atoms with van der Waals surface area (Å²) in [4.78, 5) is 12.2. The topological polar surface area (TPSA) is 69.2 Å². The molecule has 0 radical (unpaired) electrons. The third-order valence-electron chi connectivity index (χ3n) is 6.30. The quantitative estimate of drug-likeness (QED) is 0.153. The van der Waals surface area contributed by atoms with Crippen molar-refractivity contribution in [3.63, 3.8) is 0 Å². The Hall–Kier alpha value is -3.32. The molecule has 1 fully saturated rings. The first-order valence-electron chi connectivity index (χ1n) is 12.8. The van der Waals surface area contributed by atoms with Crippen LogP contribution < -0.4 is 19.6 Å². The average molecular weight is 566 g/mol. The number of hydrazone groups is 1. The summed E-state index contributed by atoms with van der Waals surface area (Å²) in [5, 5.41) is 4.07. The standard InChI is InChI=1S/C30H33BrN2O4/c1-2-35-28-20-22(21-32-33-30(34)25-11-7-4-8-12-25)19-27(31)29(28)37-18-17-36-26-15-13-24(14-16-26)23-9-5-3-6-10-23/h4,7-8,11-16,19-21,23H,2-3,5-6,9-10,17-18H2,1H3,(H,33,34). The van der Waals surface area contributed by atoms with Gasteiger partial charge in [-0.2, -0.15) is 5.10 Å². The normalized spacial score (nSPS) is 13.9. The molecule has 6 nitrogen and oxygen atoms in total. The molecule has 1 N–H and O–H groups in total. The minimum Gasteiger partial charge on any atom is -0.490 e.